The Morgan fingerprint density at radius 2 is 1.38 bits per heavy atom. The van der Waals surface area contributed by atoms with Gasteiger partial charge in [-0.25, -0.2) is 0 Å². The van der Waals surface area contributed by atoms with Crippen molar-refractivity contribution in [3.05, 3.63) is 119 Å². The summed E-state index contributed by atoms with van der Waals surface area (Å²) in [6.45, 7) is 0. The number of hydrogen-bond acceptors (Lipinski definition) is 2. The van der Waals surface area contributed by atoms with Crippen molar-refractivity contribution in [1.29, 1.82) is 0 Å². The zero-order chi connectivity index (χ0) is 24.3. The largest absolute Gasteiger partial charge is 0.456 e. The van der Waals surface area contributed by atoms with Crippen LogP contribution in [0.3, 0.4) is 0 Å². The molecule has 1 atom stereocenters. The molecule has 1 unspecified atom stereocenters. The molecule has 2 aromatic heterocycles. The maximum atomic E-state index is 6.19. The predicted molar refractivity (Wildman–Crippen MR) is 153 cm³/mol. The lowest BCUT2D eigenvalue weighted by Crippen LogP contribution is -2.26. The fourth-order valence-corrected chi connectivity index (χ4v) is 5.98. The highest BCUT2D eigenvalue weighted by molar-refractivity contribution is 6.19. The van der Waals surface area contributed by atoms with Gasteiger partial charge >= 0.3 is 0 Å². The molecule has 37 heavy (non-hydrogen) atoms. The Balaban J connectivity index is 1.13. The second kappa shape index (κ2) is 7.97. The molecule has 0 fully saturated rings. The van der Waals surface area contributed by atoms with Crippen LogP contribution in [0.1, 0.15) is 12.0 Å². The molecule has 0 radical (unpaired) electrons. The molecule has 5 aromatic carbocycles. The van der Waals surface area contributed by atoms with E-state index in [0.717, 1.165) is 35.0 Å². The molecule has 0 bridgehead atoms. The zero-order valence-electron chi connectivity index (χ0n) is 20.3. The summed E-state index contributed by atoms with van der Waals surface area (Å²) in [4.78, 5) is 0. The predicted octanol–water partition coefficient (Wildman–Crippen LogP) is 7.98. The van der Waals surface area contributed by atoms with E-state index >= 15 is 0 Å². The van der Waals surface area contributed by atoms with E-state index in [0.29, 0.717) is 5.92 Å². The zero-order valence-corrected chi connectivity index (χ0v) is 20.3. The summed E-state index contributed by atoms with van der Waals surface area (Å²) in [6.07, 6.45) is 6.68. The van der Waals surface area contributed by atoms with Crippen LogP contribution in [0.25, 0.3) is 67.0 Å². The van der Waals surface area contributed by atoms with Crippen LogP contribution in [0.4, 0.5) is 0 Å². The SMILES string of the molecule is C1=c2oc3ccccc3c2=CC(Cc2ccc(-c3ccc4oc5ccc6ccccc6c5c4c3)cc2)C1. The minimum absolute atomic E-state index is 0.473. The van der Waals surface area contributed by atoms with Gasteiger partial charge in [-0.2, -0.15) is 0 Å². The fourth-order valence-electron chi connectivity index (χ4n) is 5.98. The number of fused-ring (bicyclic) bond motifs is 8. The molecule has 2 heteroatoms. The van der Waals surface area contributed by atoms with Crippen molar-refractivity contribution in [2.75, 3.05) is 0 Å². The smallest absolute Gasteiger partial charge is 0.136 e. The van der Waals surface area contributed by atoms with Crippen molar-refractivity contribution in [2.45, 2.75) is 12.8 Å². The van der Waals surface area contributed by atoms with Gasteiger partial charge in [-0.3, -0.25) is 0 Å². The van der Waals surface area contributed by atoms with Crippen LogP contribution in [0.15, 0.2) is 112 Å². The van der Waals surface area contributed by atoms with Gasteiger partial charge in [0.15, 0.2) is 0 Å². The van der Waals surface area contributed by atoms with Crippen molar-refractivity contribution >= 4 is 55.8 Å². The van der Waals surface area contributed by atoms with Gasteiger partial charge in [0.25, 0.3) is 0 Å². The molecule has 1 aliphatic carbocycles. The summed E-state index contributed by atoms with van der Waals surface area (Å²) in [5, 5.41) is 7.30. The van der Waals surface area contributed by atoms with Crippen molar-refractivity contribution in [3.63, 3.8) is 0 Å². The lowest BCUT2D eigenvalue weighted by Gasteiger charge is -2.13. The highest BCUT2D eigenvalue weighted by atomic mass is 16.3. The molecule has 0 spiro atoms. The third-order valence-electron chi connectivity index (χ3n) is 7.82. The van der Waals surface area contributed by atoms with Crippen LogP contribution < -0.4 is 10.6 Å². The topological polar surface area (TPSA) is 26.3 Å². The van der Waals surface area contributed by atoms with Crippen molar-refractivity contribution in [2.24, 2.45) is 5.92 Å². The molecule has 7 aromatic rings. The number of para-hydroxylation sites is 1. The number of benzene rings is 5. The quantitative estimate of drug-likeness (QED) is 0.258. The first-order chi connectivity index (χ1) is 18.3. The van der Waals surface area contributed by atoms with Crippen LogP contribution in [-0.4, -0.2) is 0 Å². The van der Waals surface area contributed by atoms with Gasteiger partial charge in [-0.05, 0) is 76.6 Å². The maximum Gasteiger partial charge on any atom is 0.136 e. The molecule has 0 saturated heterocycles. The third-order valence-corrected chi connectivity index (χ3v) is 7.82. The van der Waals surface area contributed by atoms with Gasteiger partial charge in [0.1, 0.15) is 22.2 Å². The molecule has 0 saturated carbocycles. The second-order valence-electron chi connectivity index (χ2n) is 10.1. The monoisotopic (exact) mass is 476 g/mol. The molecule has 176 valence electrons. The molecule has 0 amide bonds. The van der Waals surface area contributed by atoms with E-state index in [2.05, 4.69) is 109 Å². The molecule has 1 aliphatic rings. The van der Waals surface area contributed by atoms with Crippen LogP contribution in [-0.2, 0) is 6.42 Å². The molecule has 2 heterocycles. The first kappa shape index (κ1) is 20.6. The Morgan fingerprint density at radius 1 is 0.622 bits per heavy atom. The Hall–Kier alpha value is -4.56. The van der Waals surface area contributed by atoms with E-state index in [-0.39, 0.29) is 0 Å². The Morgan fingerprint density at radius 3 is 2.30 bits per heavy atom. The molecule has 0 aliphatic heterocycles. The van der Waals surface area contributed by atoms with Gasteiger partial charge in [0.2, 0.25) is 0 Å². The van der Waals surface area contributed by atoms with Crippen molar-refractivity contribution < 1.29 is 8.83 Å². The minimum atomic E-state index is 0.473. The van der Waals surface area contributed by atoms with Crippen molar-refractivity contribution in [1.82, 2.24) is 0 Å². The van der Waals surface area contributed by atoms with E-state index in [1.807, 2.05) is 6.07 Å². The van der Waals surface area contributed by atoms with Gasteiger partial charge in [0.05, 0.1) is 0 Å². The highest BCUT2D eigenvalue weighted by Crippen LogP contribution is 2.36. The highest BCUT2D eigenvalue weighted by Gasteiger charge is 2.14. The minimum Gasteiger partial charge on any atom is -0.456 e. The lowest BCUT2D eigenvalue weighted by atomic mass is 9.91. The van der Waals surface area contributed by atoms with Crippen LogP contribution in [0.2, 0.25) is 0 Å². The van der Waals surface area contributed by atoms with Crippen LogP contribution in [0, 0.1) is 5.92 Å². The van der Waals surface area contributed by atoms with E-state index in [4.69, 9.17) is 8.83 Å². The fraction of sp³-hybridized carbons (Fsp3) is 0.0857. The molecule has 8 rings (SSSR count). The molecular formula is C35H24O2. The third kappa shape index (κ3) is 3.33. The number of hydrogen-bond donors (Lipinski definition) is 0. The van der Waals surface area contributed by atoms with E-state index in [9.17, 15) is 0 Å². The molecular weight excluding hydrogens is 452 g/mol. The summed E-state index contributed by atoms with van der Waals surface area (Å²) < 4.78 is 12.2. The van der Waals surface area contributed by atoms with Crippen LogP contribution in [0.5, 0.6) is 0 Å². The summed E-state index contributed by atoms with van der Waals surface area (Å²) in [7, 11) is 0. The van der Waals surface area contributed by atoms with Crippen molar-refractivity contribution in [3.8, 4) is 11.1 Å². The Kier molecular flexibility index (Phi) is 4.44. The van der Waals surface area contributed by atoms with Gasteiger partial charge in [-0.15, -0.1) is 0 Å². The number of furan rings is 2. The Bertz CT molecular complexity index is 2090. The Labute approximate surface area is 213 Å². The molecule has 0 N–H and O–H groups in total. The molecule has 2 nitrogen and oxygen atoms in total. The van der Waals surface area contributed by atoms with Gasteiger partial charge in [-0.1, -0.05) is 84.9 Å². The van der Waals surface area contributed by atoms with Gasteiger partial charge in [0, 0.05) is 21.4 Å². The summed E-state index contributed by atoms with van der Waals surface area (Å²) >= 11 is 0. The normalized spacial score (nSPS) is 15.2. The summed E-state index contributed by atoms with van der Waals surface area (Å²) in [6, 6.07) is 36.7. The standard InChI is InChI=1S/C35H24O2/c1-2-6-27-25(5-1)14-18-34-35(27)30-21-26(15-17-33(30)37-34)24-12-9-22(10-13-24)19-23-11-16-32-29(20-23)28-7-3-4-8-31(28)36-32/h1-10,12-18,20-21,23H,11,19H2. The second-order valence-corrected chi connectivity index (χ2v) is 10.1. The number of rotatable bonds is 3. The van der Waals surface area contributed by atoms with Gasteiger partial charge < -0.3 is 8.83 Å². The van der Waals surface area contributed by atoms with E-state index in [1.54, 1.807) is 0 Å². The maximum absolute atomic E-state index is 6.19. The van der Waals surface area contributed by atoms with E-state index < -0.39 is 0 Å². The lowest BCUT2D eigenvalue weighted by molar-refractivity contribution is 0.564. The first-order valence-electron chi connectivity index (χ1n) is 12.9. The average Bonchev–Trinajstić information content (AvgIpc) is 3.51. The van der Waals surface area contributed by atoms with Crippen LogP contribution >= 0.6 is 0 Å². The van der Waals surface area contributed by atoms with E-state index in [1.165, 1.54) is 48.8 Å². The summed E-state index contributed by atoms with van der Waals surface area (Å²) in [5.74, 6) is 0.473. The first-order valence-corrected chi connectivity index (χ1v) is 12.9. The average molecular weight is 477 g/mol. The summed E-state index contributed by atoms with van der Waals surface area (Å²) in [5.41, 5.74) is 7.65.